The molecule has 0 fully saturated rings. The van der Waals surface area contributed by atoms with Crippen LogP contribution in [-0.2, 0) is 14.3 Å². The fourth-order valence-corrected chi connectivity index (χ4v) is 1.81. The number of esters is 1. The van der Waals surface area contributed by atoms with E-state index in [-0.39, 0.29) is 6.04 Å². The average Bonchev–Trinajstić information content (AvgIpc) is 2.85. The molecule has 1 rings (SSSR count). The van der Waals surface area contributed by atoms with Gasteiger partial charge in [-0.05, 0) is 42.3 Å². The summed E-state index contributed by atoms with van der Waals surface area (Å²) >= 11 is 1.51. The van der Waals surface area contributed by atoms with Crippen LogP contribution in [0.5, 0.6) is 0 Å². The Bertz CT molecular complexity index is 494. The zero-order valence-corrected chi connectivity index (χ0v) is 12.0. The SMILES string of the molecule is CC(C)NC(=O)NC(=O)COC(=O)/C=C/c1ccsc1. The predicted molar refractivity (Wildman–Crippen MR) is 76.1 cm³/mol. The topological polar surface area (TPSA) is 84.5 Å². The van der Waals surface area contributed by atoms with E-state index in [1.807, 2.05) is 22.1 Å². The molecule has 0 aromatic carbocycles. The van der Waals surface area contributed by atoms with Gasteiger partial charge >= 0.3 is 12.0 Å². The number of carbonyl (C=O) groups excluding carboxylic acids is 3. The van der Waals surface area contributed by atoms with Crippen LogP contribution in [0.2, 0.25) is 0 Å². The summed E-state index contributed by atoms with van der Waals surface area (Å²) in [5, 5.41) is 8.28. The van der Waals surface area contributed by atoms with Gasteiger partial charge in [0.05, 0.1) is 0 Å². The monoisotopic (exact) mass is 296 g/mol. The molecular weight excluding hydrogens is 280 g/mol. The summed E-state index contributed by atoms with van der Waals surface area (Å²) in [5.74, 6) is -1.32. The quantitative estimate of drug-likeness (QED) is 0.637. The molecule has 0 spiro atoms. The lowest BCUT2D eigenvalue weighted by Crippen LogP contribution is -2.43. The molecule has 1 aromatic heterocycles. The van der Waals surface area contributed by atoms with Gasteiger partial charge in [-0.1, -0.05) is 0 Å². The van der Waals surface area contributed by atoms with Gasteiger partial charge in [-0.2, -0.15) is 11.3 Å². The molecule has 0 radical (unpaired) electrons. The molecule has 0 atom stereocenters. The molecule has 0 saturated carbocycles. The molecule has 0 unspecified atom stereocenters. The molecule has 0 aliphatic heterocycles. The molecule has 108 valence electrons. The van der Waals surface area contributed by atoms with Crippen LogP contribution in [0.1, 0.15) is 19.4 Å². The van der Waals surface area contributed by atoms with E-state index in [0.717, 1.165) is 5.56 Å². The molecule has 3 amide bonds. The highest BCUT2D eigenvalue weighted by Gasteiger charge is 2.10. The number of thiophene rings is 1. The summed E-state index contributed by atoms with van der Waals surface area (Å²) in [5.41, 5.74) is 0.882. The number of amides is 3. The van der Waals surface area contributed by atoms with Gasteiger partial charge in [0, 0.05) is 12.1 Å². The van der Waals surface area contributed by atoms with E-state index >= 15 is 0 Å². The summed E-state index contributed by atoms with van der Waals surface area (Å²) in [6, 6.07) is 1.14. The lowest BCUT2D eigenvalue weighted by atomic mass is 10.3. The Morgan fingerprint density at radius 3 is 2.75 bits per heavy atom. The summed E-state index contributed by atoms with van der Waals surface area (Å²) in [6.45, 7) is 3.02. The van der Waals surface area contributed by atoms with E-state index < -0.39 is 24.5 Å². The highest BCUT2D eigenvalue weighted by atomic mass is 32.1. The molecule has 0 aliphatic rings. The van der Waals surface area contributed by atoms with E-state index in [1.165, 1.54) is 17.4 Å². The third kappa shape index (κ3) is 6.69. The van der Waals surface area contributed by atoms with Crippen molar-refractivity contribution in [3.63, 3.8) is 0 Å². The van der Waals surface area contributed by atoms with Gasteiger partial charge in [-0.25, -0.2) is 9.59 Å². The molecule has 0 bridgehead atoms. The predicted octanol–water partition coefficient (Wildman–Crippen LogP) is 1.54. The standard InChI is InChI=1S/C13H16N2O4S/c1-9(2)14-13(18)15-11(16)7-19-12(17)4-3-10-5-6-20-8-10/h3-6,8-9H,7H2,1-2H3,(H2,14,15,16,18)/b4-3+. The van der Waals surface area contributed by atoms with E-state index in [9.17, 15) is 14.4 Å². The normalized spacial score (nSPS) is 10.6. The van der Waals surface area contributed by atoms with Gasteiger partial charge in [0.1, 0.15) is 0 Å². The third-order valence-electron chi connectivity index (χ3n) is 1.97. The summed E-state index contributed by atoms with van der Waals surface area (Å²) in [7, 11) is 0. The number of rotatable bonds is 5. The van der Waals surface area contributed by atoms with Gasteiger partial charge in [0.25, 0.3) is 5.91 Å². The van der Waals surface area contributed by atoms with Gasteiger partial charge in [0.2, 0.25) is 0 Å². The lowest BCUT2D eigenvalue weighted by molar-refractivity contribution is -0.143. The van der Waals surface area contributed by atoms with E-state index in [4.69, 9.17) is 4.74 Å². The number of hydrogen-bond acceptors (Lipinski definition) is 5. The van der Waals surface area contributed by atoms with Crippen molar-refractivity contribution >= 4 is 35.3 Å². The largest absolute Gasteiger partial charge is 0.452 e. The van der Waals surface area contributed by atoms with Gasteiger partial charge < -0.3 is 10.1 Å². The number of carbonyl (C=O) groups is 3. The highest BCUT2D eigenvalue weighted by Crippen LogP contribution is 2.07. The minimum absolute atomic E-state index is 0.0844. The molecule has 1 heterocycles. The molecule has 20 heavy (non-hydrogen) atoms. The summed E-state index contributed by atoms with van der Waals surface area (Å²) < 4.78 is 4.69. The highest BCUT2D eigenvalue weighted by molar-refractivity contribution is 7.08. The zero-order valence-electron chi connectivity index (χ0n) is 11.2. The van der Waals surface area contributed by atoms with Crippen molar-refractivity contribution in [3.05, 3.63) is 28.5 Å². The number of hydrogen-bond donors (Lipinski definition) is 2. The molecule has 1 aromatic rings. The lowest BCUT2D eigenvalue weighted by Gasteiger charge is -2.08. The Hall–Kier alpha value is -2.15. The van der Waals surface area contributed by atoms with Crippen molar-refractivity contribution in [1.82, 2.24) is 10.6 Å². The molecular formula is C13H16N2O4S. The van der Waals surface area contributed by atoms with Crippen molar-refractivity contribution < 1.29 is 19.1 Å². The Balaban J connectivity index is 2.27. The first kappa shape index (κ1) is 15.9. The Kier molecular flexibility index (Phi) is 6.45. The average molecular weight is 296 g/mol. The van der Waals surface area contributed by atoms with Crippen molar-refractivity contribution in [2.24, 2.45) is 0 Å². The van der Waals surface area contributed by atoms with Crippen LogP contribution in [-0.4, -0.2) is 30.6 Å². The van der Waals surface area contributed by atoms with Gasteiger partial charge in [-0.15, -0.1) is 0 Å². The van der Waals surface area contributed by atoms with Crippen LogP contribution in [0.4, 0.5) is 4.79 Å². The summed E-state index contributed by atoms with van der Waals surface area (Å²) in [6.07, 6.45) is 2.81. The van der Waals surface area contributed by atoms with E-state index in [0.29, 0.717) is 0 Å². The maximum Gasteiger partial charge on any atom is 0.331 e. The van der Waals surface area contributed by atoms with Crippen LogP contribution in [0.25, 0.3) is 6.08 Å². The molecule has 6 nitrogen and oxygen atoms in total. The smallest absolute Gasteiger partial charge is 0.331 e. The zero-order chi connectivity index (χ0) is 15.0. The Morgan fingerprint density at radius 1 is 1.40 bits per heavy atom. The maximum absolute atomic E-state index is 11.3. The number of nitrogens with one attached hydrogen (secondary N) is 2. The molecule has 0 saturated heterocycles. The molecule has 7 heteroatoms. The third-order valence-corrected chi connectivity index (χ3v) is 2.67. The van der Waals surface area contributed by atoms with Crippen LogP contribution in [0, 0.1) is 0 Å². The van der Waals surface area contributed by atoms with Crippen molar-refractivity contribution in [1.29, 1.82) is 0 Å². The van der Waals surface area contributed by atoms with Gasteiger partial charge in [0.15, 0.2) is 6.61 Å². The second kappa shape index (κ2) is 8.11. The van der Waals surface area contributed by atoms with Crippen molar-refractivity contribution in [2.75, 3.05) is 6.61 Å². The number of imide groups is 1. The fraction of sp³-hybridized carbons (Fsp3) is 0.308. The van der Waals surface area contributed by atoms with Crippen LogP contribution in [0.15, 0.2) is 22.9 Å². The number of ether oxygens (including phenoxy) is 1. The first-order chi connectivity index (χ1) is 9.47. The summed E-state index contributed by atoms with van der Waals surface area (Å²) in [4.78, 5) is 33.8. The maximum atomic E-state index is 11.3. The first-order valence-corrected chi connectivity index (χ1v) is 6.89. The molecule has 2 N–H and O–H groups in total. The minimum Gasteiger partial charge on any atom is -0.452 e. The molecule has 0 aliphatic carbocycles. The van der Waals surface area contributed by atoms with Gasteiger partial charge in [-0.3, -0.25) is 10.1 Å². The van der Waals surface area contributed by atoms with Crippen molar-refractivity contribution in [2.45, 2.75) is 19.9 Å². The Labute approximate surface area is 120 Å². The van der Waals surface area contributed by atoms with Crippen LogP contribution < -0.4 is 10.6 Å². The van der Waals surface area contributed by atoms with E-state index in [1.54, 1.807) is 19.9 Å². The van der Waals surface area contributed by atoms with E-state index in [2.05, 4.69) is 5.32 Å². The van der Waals surface area contributed by atoms with Crippen LogP contribution in [0.3, 0.4) is 0 Å². The first-order valence-electron chi connectivity index (χ1n) is 5.94. The second-order valence-electron chi connectivity index (χ2n) is 4.17. The number of urea groups is 1. The second-order valence-corrected chi connectivity index (χ2v) is 4.95. The van der Waals surface area contributed by atoms with Crippen molar-refractivity contribution in [3.8, 4) is 0 Å². The fourth-order valence-electron chi connectivity index (χ4n) is 1.18. The minimum atomic E-state index is -0.680. The Morgan fingerprint density at radius 2 is 2.15 bits per heavy atom. The van der Waals surface area contributed by atoms with Crippen LogP contribution >= 0.6 is 11.3 Å².